The van der Waals surface area contributed by atoms with E-state index in [1.807, 2.05) is 0 Å². The van der Waals surface area contributed by atoms with Gasteiger partial charge in [0, 0.05) is 19.7 Å². The predicted octanol–water partition coefficient (Wildman–Crippen LogP) is 2.44. The Morgan fingerprint density at radius 1 is 1.40 bits per heavy atom. The topological polar surface area (TPSA) is 21.3 Å². The van der Waals surface area contributed by atoms with E-state index in [1.165, 1.54) is 38.8 Å². The third-order valence-electron chi connectivity index (χ3n) is 3.76. The number of hydrogen-bond acceptors (Lipinski definition) is 2. The Balaban J connectivity index is 1.60. The third-order valence-corrected chi connectivity index (χ3v) is 3.76. The van der Waals surface area contributed by atoms with Crippen LogP contribution < -0.4 is 5.32 Å². The van der Waals surface area contributed by atoms with Crippen molar-refractivity contribution in [3.05, 3.63) is 0 Å². The van der Waals surface area contributed by atoms with Crippen LogP contribution in [0.15, 0.2) is 0 Å². The fraction of sp³-hybridized carbons (Fsp3) is 1.00. The molecule has 1 atom stereocenters. The van der Waals surface area contributed by atoms with E-state index < -0.39 is 0 Å². The first-order chi connectivity index (χ1) is 7.20. The zero-order chi connectivity index (χ0) is 10.7. The first-order valence-electron chi connectivity index (χ1n) is 6.49. The minimum absolute atomic E-state index is 0.674. The van der Waals surface area contributed by atoms with E-state index in [0.29, 0.717) is 5.41 Å². The van der Waals surface area contributed by atoms with Gasteiger partial charge in [-0.25, -0.2) is 0 Å². The maximum atomic E-state index is 5.38. The van der Waals surface area contributed by atoms with Gasteiger partial charge < -0.3 is 10.1 Å². The molecule has 2 aliphatic rings. The van der Waals surface area contributed by atoms with Crippen molar-refractivity contribution in [2.24, 2.45) is 17.3 Å². The highest BCUT2D eigenvalue weighted by atomic mass is 16.5. The first-order valence-corrected chi connectivity index (χ1v) is 6.49. The average Bonchev–Trinajstić information content (AvgIpc) is 2.74. The molecule has 1 N–H and O–H groups in total. The molecule has 0 radical (unpaired) electrons. The zero-order valence-corrected chi connectivity index (χ0v) is 10.2. The van der Waals surface area contributed by atoms with Gasteiger partial charge in [-0.05, 0) is 42.9 Å². The molecule has 0 spiro atoms. The quantitative estimate of drug-likeness (QED) is 0.728. The molecule has 2 rings (SSSR count). The van der Waals surface area contributed by atoms with E-state index in [1.54, 1.807) is 0 Å². The highest BCUT2D eigenvalue weighted by Gasteiger charge is 2.42. The standard InChI is InChI=1S/C13H25NO/c1-11(2)7-13(4-5-13)10-14-8-12-3-6-15-9-12/h11-12,14H,3-10H2,1-2H3. The fourth-order valence-corrected chi connectivity index (χ4v) is 2.78. The molecule has 88 valence electrons. The Labute approximate surface area is 93.8 Å². The molecule has 1 unspecified atom stereocenters. The fourth-order valence-electron chi connectivity index (χ4n) is 2.78. The second-order valence-corrected chi connectivity index (χ2v) is 5.96. The van der Waals surface area contributed by atoms with Crippen LogP contribution in [0.1, 0.15) is 39.5 Å². The second-order valence-electron chi connectivity index (χ2n) is 5.96. The molecule has 2 nitrogen and oxygen atoms in total. The Kier molecular flexibility index (Phi) is 3.68. The average molecular weight is 211 g/mol. The number of rotatable bonds is 6. The molecule has 0 aromatic carbocycles. The van der Waals surface area contributed by atoms with Crippen LogP contribution in [-0.4, -0.2) is 26.3 Å². The van der Waals surface area contributed by atoms with E-state index in [2.05, 4.69) is 19.2 Å². The van der Waals surface area contributed by atoms with Crippen molar-refractivity contribution in [2.75, 3.05) is 26.3 Å². The van der Waals surface area contributed by atoms with E-state index >= 15 is 0 Å². The van der Waals surface area contributed by atoms with Gasteiger partial charge >= 0.3 is 0 Å². The van der Waals surface area contributed by atoms with Gasteiger partial charge in [-0.15, -0.1) is 0 Å². The van der Waals surface area contributed by atoms with Crippen LogP contribution in [0.3, 0.4) is 0 Å². The summed E-state index contributed by atoms with van der Waals surface area (Å²) >= 11 is 0. The molecule has 1 saturated carbocycles. The maximum absolute atomic E-state index is 5.38. The lowest BCUT2D eigenvalue weighted by molar-refractivity contribution is 0.184. The van der Waals surface area contributed by atoms with Crippen LogP contribution in [0.5, 0.6) is 0 Å². The summed E-state index contributed by atoms with van der Waals surface area (Å²) in [5, 5.41) is 3.66. The van der Waals surface area contributed by atoms with E-state index in [4.69, 9.17) is 4.74 Å². The summed E-state index contributed by atoms with van der Waals surface area (Å²) in [6.45, 7) is 9.03. The monoisotopic (exact) mass is 211 g/mol. The number of hydrogen-bond donors (Lipinski definition) is 1. The third kappa shape index (κ3) is 3.46. The molecule has 1 aliphatic carbocycles. The summed E-state index contributed by atoms with van der Waals surface area (Å²) in [5.74, 6) is 1.63. The van der Waals surface area contributed by atoms with E-state index in [0.717, 1.165) is 25.0 Å². The predicted molar refractivity (Wildman–Crippen MR) is 62.9 cm³/mol. The van der Waals surface area contributed by atoms with Crippen LogP contribution in [0.2, 0.25) is 0 Å². The Bertz CT molecular complexity index is 193. The highest BCUT2D eigenvalue weighted by Crippen LogP contribution is 2.49. The zero-order valence-electron chi connectivity index (χ0n) is 10.2. The molecular formula is C13H25NO. The minimum atomic E-state index is 0.674. The summed E-state index contributed by atoms with van der Waals surface area (Å²) in [4.78, 5) is 0. The Hall–Kier alpha value is -0.0800. The molecular weight excluding hydrogens is 186 g/mol. The van der Waals surface area contributed by atoms with Crippen LogP contribution in [0, 0.1) is 17.3 Å². The summed E-state index contributed by atoms with van der Waals surface area (Å²) < 4.78 is 5.38. The summed E-state index contributed by atoms with van der Waals surface area (Å²) in [7, 11) is 0. The highest BCUT2D eigenvalue weighted by molar-refractivity contribution is 4.95. The number of nitrogens with one attached hydrogen (secondary N) is 1. The Morgan fingerprint density at radius 2 is 2.20 bits per heavy atom. The maximum Gasteiger partial charge on any atom is 0.0507 e. The lowest BCUT2D eigenvalue weighted by atomic mass is 9.94. The van der Waals surface area contributed by atoms with Crippen molar-refractivity contribution in [2.45, 2.75) is 39.5 Å². The van der Waals surface area contributed by atoms with Gasteiger partial charge in [0.25, 0.3) is 0 Å². The second kappa shape index (κ2) is 4.84. The van der Waals surface area contributed by atoms with Gasteiger partial charge in [0.05, 0.1) is 6.61 Å². The molecule has 1 aliphatic heterocycles. The first kappa shape index (κ1) is 11.4. The van der Waals surface area contributed by atoms with Crippen LogP contribution in [-0.2, 0) is 4.74 Å². The van der Waals surface area contributed by atoms with Gasteiger partial charge in [0.1, 0.15) is 0 Å². The molecule has 0 amide bonds. The van der Waals surface area contributed by atoms with Crippen molar-refractivity contribution in [1.29, 1.82) is 0 Å². The molecule has 1 saturated heterocycles. The van der Waals surface area contributed by atoms with Crippen molar-refractivity contribution in [1.82, 2.24) is 5.32 Å². The normalized spacial score (nSPS) is 28.6. The molecule has 15 heavy (non-hydrogen) atoms. The molecule has 2 fully saturated rings. The minimum Gasteiger partial charge on any atom is -0.381 e. The summed E-state index contributed by atoms with van der Waals surface area (Å²) in [6.07, 6.45) is 5.55. The molecule has 2 heteroatoms. The lowest BCUT2D eigenvalue weighted by Gasteiger charge is -2.19. The smallest absolute Gasteiger partial charge is 0.0507 e. The van der Waals surface area contributed by atoms with Gasteiger partial charge in [-0.3, -0.25) is 0 Å². The summed E-state index contributed by atoms with van der Waals surface area (Å²) in [6, 6.07) is 0. The van der Waals surface area contributed by atoms with Crippen molar-refractivity contribution < 1.29 is 4.74 Å². The van der Waals surface area contributed by atoms with Gasteiger partial charge in [0.2, 0.25) is 0 Å². The Morgan fingerprint density at radius 3 is 2.73 bits per heavy atom. The molecule has 0 aromatic rings. The van der Waals surface area contributed by atoms with Crippen LogP contribution in [0.25, 0.3) is 0 Å². The van der Waals surface area contributed by atoms with Crippen LogP contribution >= 0.6 is 0 Å². The van der Waals surface area contributed by atoms with Crippen molar-refractivity contribution in [3.63, 3.8) is 0 Å². The van der Waals surface area contributed by atoms with Gasteiger partial charge in [-0.1, -0.05) is 13.8 Å². The molecule has 0 aromatic heterocycles. The van der Waals surface area contributed by atoms with Crippen molar-refractivity contribution >= 4 is 0 Å². The summed E-state index contributed by atoms with van der Waals surface area (Å²) in [5.41, 5.74) is 0.674. The van der Waals surface area contributed by atoms with Gasteiger partial charge in [0.15, 0.2) is 0 Å². The largest absolute Gasteiger partial charge is 0.381 e. The van der Waals surface area contributed by atoms with Gasteiger partial charge in [-0.2, -0.15) is 0 Å². The molecule has 0 bridgehead atoms. The number of ether oxygens (including phenoxy) is 1. The molecule has 1 heterocycles. The SMILES string of the molecule is CC(C)CC1(CNCC2CCOC2)CC1. The van der Waals surface area contributed by atoms with E-state index in [-0.39, 0.29) is 0 Å². The lowest BCUT2D eigenvalue weighted by Crippen LogP contribution is -2.30. The van der Waals surface area contributed by atoms with Crippen molar-refractivity contribution in [3.8, 4) is 0 Å². The van der Waals surface area contributed by atoms with Crippen LogP contribution in [0.4, 0.5) is 0 Å². The van der Waals surface area contributed by atoms with E-state index in [9.17, 15) is 0 Å².